The number of aromatic amines is 1. The van der Waals surface area contributed by atoms with Crippen molar-refractivity contribution in [2.45, 2.75) is 13.5 Å². The summed E-state index contributed by atoms with van der Waals surface area (Å²) in [6, 6.07) is 0. The van der Waals surface area contributed by atoms with Crippen molar-refractivity contribution in [1.29, 1.82) is 0 Å². The highest BCUT2D eigenvalue weighted by atomic mass is 16.1. The summed E-state index contributed by atoms with van der Waals surface area (Å²) in [6.45, 7) is 2.54. The van der Waals surface area contributed by atoms with E-state index in [1.54, 1.807) is 6.20 Å². The number of hydrogen-bond donors (Lipinski definition) is 2. The van der Waals surface area contributed by atoms with Gasteiger partial charge >= 0.3 is 5.69 Å². The number of H-pyrrole nitrogens is 1. The summed E-state index contributed by atoms with van der Waals surface area (Å²) in [5.74, 6) is 0.418. The predicted molar refractivity (Wildman–Crippen MR) is 35.1 cm³/mol. The Morgan fingerprint density at radius 1 is 1.89 bits per heavy atom. The van der Waals surface area contributed by atoms with Gasteiger partial charge in [-0.25, -0.2) is 4.79 Å². The molecule has 0 saturated heterocycles. The number of nitrogens with zero attached hydrogens (tertiary/aromatic N) is 1. The molecule has 4 nitrogen and oxygen atoms in total. The summed E-state index contributed by atoms with van der Waals surface area (Å²) < 4.78 is 1.51. The number of nitrogen functional groups attached to an aromatic ring is 1. The van der Waals surface area contributed by atoms with Crippen LogP contribution in [0, 0.1) is 0 Å². The van der Waals surface area contributed by atoms with Crippen LogP contribution < -0.4 is 11.4 Å². The quantitative estimate of drug-likeness (QED) is 0.547. The molecule has 4 heteroatoms. The second-order valence-corrected chi connectivity index (χ2v) is 1.80. The van der Waals surface area contributed by atoms with E-state index in [-0.39, 0.29) is 5.69 Å². The lowest BCUT2D eigenvalue weighted by Gasteiger charge is -1.87. The molecule has 0 radical (unpaired) electrons. The van der Waals surface area contributed by atoms with E-state index in [1.165, 1.54) is 4.57 Å². The lowest BCUT2D eigenvalue weighted by atomic mass is 10.7. The average molecular weight is 127 g/mol. The summed E-state index contributed by atoms with van der Waals surface area (Å²) in [5.41, 5.74) is 5.14. The number of rotatable bonds is 1. The van der Waals surface area contributed by atoms with E-state index in [0.29, 0.717) is 12.4 Å². The van der Waals surface area contributed by atoms with E-state index in [0.717, 1.165) is 0 Å². The predicted octanol–water partition coefficient (Wildman–Crippen LogP) is -0.221. The smallest absolute Gasteiger partial charge is 0.327 e. The first-order chi connectivity index (χ1) is 4.24. The lowest BCUT2D eigenvalue weighted by Crippen LogP contribution is -2.14. The second-order valence-electron chi connectivity index (χ2n) is 1.80. The van der Waals surface area contributed by atoms with Gasteiger partial charge in [0, 0.05) is 12.7 Å². The summed E-state index contributed by atoms with van der Waals surface area (Å²) in [6.07, 6.45) is 1.59. The van der Waals surface area contributed by atoms with Crippen LogP contribution in [0.5, 0.6) is 0 Å². The van der Waals surface area contributed by atoms with E-state index in [4.69, 9.17) is 5.73 Å². The standard InChI is InChI=1S/C5H9N3O/c1-2-8-3-4(6)7-5(8)9/h3H,2,6H2,1H3,(H,7,9). The average Bonchev–Trinajstić information content (AvgIpc) is 2.10. The Labute approximate surface area is 52.3 Å². The highest BCUT2D eigenvalue weighted by Crippen LogP contribution is 1.88. The maximum Gasteiger partial charge on any atom is 0.327 e. The van der Waals surface area contributed by atoms with Gasteiger partial charge in [-0.3, -0.25) is 9.55 Å². The molecular weight excluding hydrogens is 118 g/mol. The minimum atomic E-state index is -0.144. The fourth-order valence-corrected chi connectivity index (χ4v) is 0.689. The Morgan fingerprint density at radius 3 is 2.78 bits per heavy atom. The number of imidazole rings is 1. The van der Waals surface area contributed by atoms with Crippen molar-refractivity contribution in [2.24, 2.45) is 0 Å². The molecule has 0 aliphatic rings. The van der Waals surface area contributed by atoms with Crippen molar-refractivity contribution in [1.82, 2.24) is 9.55 Å². The fraction of sp³-hybridized carbons (Fsp3) is 0.400. The van der Waals surface area contributed by atoms with Gasteiger partial charge in [0.1, 0.15) is 5.82 Å². The SMILES string of the molecule is CCn1cc(N)[nH]c1=O. The molecule has 1 aromatic rings. The van der Waals surface area contributed by atoms with Crippen molar-refractivity contribution >= 4 is 5.82 Å². The van der Waals surface area contributed by atoms with E-state index in [2.05, 4.69) is 4.98 Å². The molecule has 50 valence electrons. The summed E-state index contributed by atoms with van der Waals surface area (Å²) in [7, 11) is 0. The van der Waals surface area contributed by atoms with Crippen molar-refractivity contribution in [3.63, 3.8) is 0 Å². The molecular formula is C5H9N3O. The second kappa shape index (κ2) is 1.97. The molecule has 0 spiro atoms. The number of hydrogen-bond acceptors (Lipinski definition) is 2. The van der Waals surface area contributed by atoms with Gasteiger partial charge in [0.25, 0.3) is 0 Å². The number of nitrogens with two attached hydrogens (primary N) is 1. The van der Waals surface area contributed by atoms with Gasteiger partial charge in [-0.05, 0) is 6.92 Å². The first-order valence-corrected chi connectivity index (χ1v) is 2.79. The van der Waals surface area contributed by atoms with Crippen LogP contribution in [0.1, 0.15) is 6.92 Å². The van der Waals surface area contributed by atoms with E-state index >= 15 is 0 Å². The molecule has 9 heavy (non-hydrogen) atoms. The van der Waals surface area contributed by atoms with E-state index < -0.39 is 0 Å². The van der Waals surface area contributed by atoms with Crippen LogP contribution in [0.25, 0.3) is 0 Å². The normalized spacial score (nSPS) is 9.89. The summed E-state index contributed by atoms with van der Waals surface area (Å²) in [4.78, 5) is 13.1. The molecule has 0 aliphatic heterocycles. The maximum atomic E-state index is 10.7. The van der Waals surface area contributed by atoms with E-state index in [1.807, 2.05) is 6.92 Å². The van der Waals surface area contributed by atoms with Crippen LogP contribution >= 0.6 is 0 Å². The zero-order chi connectivity index (χ0) is 6.85. The van der Waals surface area contributed by atoms with E-state index in [9.17, 15) is 4.79 Å². The van der Waals surface area contributed by atoms with Gasteiger partial charge in [0.05, 0.1) is 0 Å². The molecule has 3 N–H and O–H groups in total. The Bertz CT molecular complexity index is 247. The zero-order valence-electron chi connectivity index (χ0n) is 5.22. The molecule has 1 aromatic heterocycles. The molecule has 0 unspecified atom stereocenters. The van der Waals surface area contributed by atoms with Gasteiger partial charge in [0.15, 0.2) is 0 Å². The number of aromatic nitrogens is 2. The molecule has 0 atom stereocenters. The van der Waals surface area contributed by atoms with Crippen LogP contribution in [0.15, 0.2) is 11.0 Å². The Kier molecular flexibility index (Phi) is 1.30. The van der Waals surface area contributed by atoms with Crippen molar-refractivity contribution in [3.05, 3.63) is 16.7 Å². The minimum absolute atomic E-state index is 0.144. The van der Waals surface area contributed by atoms with Crippen molar-refractivity contribution in [3.8, 4) is 0 Å². The van der Waals surface area contributed by atoms with Crippen molar-refractivity contribution < 1.29 is 0 Å². The Balaban J connectivity index is 3.16. The fourth-order valence-electron chi connectivity index (χ4n) is 0.689. The molecule has 0 aromatic carbocycles. The number of nitrogens with one attached hydrogen (secondary N) is 1. The number of aryl methyl sites for hydroxylation is 1. The summed E-state index contributed by atoms with van der Waals surface area (Å²) >= 11 is 0. The maximum absolute atomic E-state index is 10.7. The first-order valence-electron chi connectivity index (χ1n) is 2.79. The largest absolute Gasteiger partial charge is 0.384 e. The lowest BCUT2D eigenvalue weighted by molar-refractivity contribution is 0.730. The minimum Gasteiger partial charge on any atom is -0.384 e. The third-order valence-corrected chi connectivity index (χ3v) is 1.15. The monoisotopic (exact) mass is 127 g/mol. The molecule has 0 bridgehead atoms. The Morgan fingerprint density at radius 2 is 2.56 bits per heavy atom. The topological polar surface area (TPSA) is 63.8 Å². The molecule has 0 aliphatic carbocycles. The van der Waals surface area contributed by atoms with Crippen LogP contribution in [-0.2, 0) is 6.54 Å². The highest BCUT2D eigenvalue weighted by molar-refractivity contribution is 5.22. The Hall–Kier alpha value is -1.19. The zero-order valence-corrected chi connectivity index (χ0v) is 5.22. The molecule has 0 saturated carbocycles. The van der Waals surface area contributed by atoms with Gasteiger partial charge in [0.2, 0.25) is 0 Å². The first kappa shape index (κ1) is 5.94. The third-order valence-electron chi connectivity index (χ3n) is 1.15. The molecule has 1 rings (SSSR count). The van der Waals surface area contributed by atoms with Crippen LogP contribution in [0.2, 0.25) is 0 Å². The molecule has 0 amide bonds. The molecule has 0 fully saturated rings. The summed E-state index contributed by atoms with van der Waals surface area (Å²) in [5, 5.41) is 0. The van der Waals surface area contributed by atoms with Crippen LogP contribution in [0.4, 0.5) is 5.82 Å². The van der Waals surface area contributed by atoms with Gasteiger partial charge in [-0.15, -0.1) is 0 Å². The number of anilines is 1. The highest BCUT2D eigenvalue weighted by Gasteiger charge is 1.93. The van der Waals surface area contributed by atoms with Gasteiger partial charge in [-0.2, -0.15) is 0 Å². The third kappa shape index (κ3) is 0.960. The van der Waals surface area contributed by atoms with Gasteiger partial charge in [-0.1, -0.05) is 0 Å². The van der Waals surface area contributed by atoms with Crippen LogP contribution in [-0.4, -0.2) is 9.55 Å². The van der Waals surface area contributed by atoms with Gasteiger partial charge < -0.3 is 5.73 Å². The van der Waals surface area contributed by atoms with Crippen LogP contribution in [0.3, 0.4) is 0 Å². The molecule has 1 heterocycles. The van der Waals surface area contributed by atoms with Crippen molar-refractivity contribution in [2.75, 3.05) is 5.73 Å².